The zero-order valence-electron chi connectivity index (χ0n) is 11.8. The first-order valence-corrected chi connectivity index (χ1v) is 7.81. The summed E-state index contributed by atoms with van der Waals surface area (Å²) < 4.78 is 3.29. The normalized spacial score (nSPS) is 23.9. The van der Waals surface area contributed by atoms with Gasteiger partial charge >= 0.3 is 0 Å². The van der Waals surface area contributed by atoms with Crippen LogP contribution in [0.1, 0.15) is 50.6 Å². The Kier molecular flexibility index (Phi) is 3.48. The third kappa shape index (κ3) is 2.25. The molecule has 19 heavy (non-hydrogen) atoms. The van der Waals surface area contributed by atoms with E-state index in [0.29, 0.717) is 6.04 Å². The summed E-state index contributed by atoms with van der Waals surface area (Å²) in [6, 6.07) is 7.00. The summed E-state index contributed by atoms with van der Waals surface area (Å²) in [5.74, 6) is 0.870. The van der Waals surface area contributed by atoms with Gasteiger partial charge in [0.2, 0.25) is 0 Å². The van der Waals surface area contributed by atoms with Crippen molar-refractivity contribution in [3.63, 3.8) is 0 Å². The fourth-order valence-electron chi connectivity index (χ4n) is 3.57. The lowest BCUT2D eigenvalue weighted by Gasteiger charge is -2.30. The van der Waals surface area contributed by atoms with E-state index in [1.165, 1.54) is 48.7 Å². The van der Waals surface area contributed by atoms with Crippen molar-refractivity contribution in [3.8, 4) is 0 Å². The topological polar surface area (TPSA) is 20.7 Å². The van der Waals surface area contributed by atoms with Gasteiger partial charge in [-0.2, -0.15) is 0 Å². The summed E-state index contributed by atoms with van der Waals surface area (Å²) in [4.78, 5) is 3.38. The first kappa shape index (κ1) is 12.9. The van der Waals surface area contributed by atoms with Gasteiger partial charge in [0.15, 0.2) is 4.77 Å². The number of imidazole rings is 1. The minimum absolute atomic E-state index is 0.584. The van der Waals surface area contributed by atoms with Gasteiger partial charge in [0.05, 0.1) is 11.0 Å². The monoisotopic (exact) mass is 274 g/mol. The molecule has 1 aromatic heterocycles. The van der Waals surface area contributed by atoms with Gasteiger partial charge in [0, 0.05) is 6.04 Å². The number of H-pyrrole nitrogens is 1. The van der Waals surface area contributed by atoms with E-state index in [9.17, 15) is 0 Å². The molecule has 0 saturated heterocycles. The van der Waals surface area contributed by atoms with E-state index in [1.54, 1.807) is 0 Å². The van der Waals surface area contributed by atoms with Crippen molar-refractivity contribution >= 4 is 23.3 Å². The number of fused-ring (bicyclic) bond motifs is 1. The molecule has 1 saturated carbocycles. The number of aromatic amines is 1. The summed E-state index contributed by atoms with van der Waals surface area (Å²) in [5.41, 5.74) is 3.82. The van der Waals surface area contributed by atoms with Gasteiger partial charge in [0.25, 0.3) is 0 Å². The molecule has 0 bridgehead atoms. The molecule has 1 fully saturated rings. The van der Waals surface area contributed by atoms with Crippen molar-refractivity contribution in [2.45, 2.75) is 52.0 Å². The van der Waals surface area contributed by atoms with Gasteiger partial charge in [-0.1, -0.05) is 38.3 Å². The number of nitrogens with one attached hydrogen (secondary N) is 1. The number of hydrogen-bond donors (Lipinski definition) is 1. The second-order valence-electron chi connectivity index (χ2n) is 5.87. The van der Waals surface area contributed by atoms with Crippen LogP contribution in [-0.4, -0.2) is 9.55 Å². The van der Waals surface area contributed by atoms with Crippen LogP contribution in [0.3, 0.4) is 0 Å². The molecule has 0 spiro atoms. The van der Waals surface area contributed by atoms with E-state index in [4.69, 9.17) is 12.2 Å². The first-order valence-electron chi connectivity index (χ1n) is 7.40. The molecular formula is C16H22N2S. The van der Waals surface area contributed by atoms with Crippen molar-refractivity contribution in [2.75, 3.05) is 0 Å². The lowest BCUT2D eigenvalue weighted by molar-refractivity contribution is 0.263. The van der Waals surface area contributed by atoms with E-state index in [2.05, 4.69) is 41.6 Å². The lowest BCUT2D eigenvalue weighted by Crippen LogP contribution is -2.19. The molecule has 1 aromatic carbocycles. The van der Waals surface area contributed by atoms with E-state index >= 15 is 0 Å². The molecule has 2 aromatic rings. The number of aryl methyl sites for hydroxylation is 1. The van der Waals surface area contributed by atoms with Crippen molar-refractivity contribution in [2.24, 2.45) is 5.92 Å². The SMILES string of the molecule is CCC1CCCC(n2c(=S)[nH]c3cccc(C)c32)C1. The van der Waals surface area contributed by atoms with Crippen LogP contribution < -0.4 is 0 Å². The fourth-order valence-corrected chi connectivity index (χ4v) is 3.92. The Morgan fingerprint density at radius 1 is 1.37 bits per heavy atom. The molecule has 1 aliphatic rings. The Morgan fingerprint density at radius 3 is 3.00 bits per heavy atom. The van der Waals surface area contributed by atoms with Crippen molar-refractivity contribution < 1.29 is 0 Å². The summed E-state index contributed by atoms with van der Waals surface area (Å²) >= 11 is 5.58. The van der Waals surface area contributed by atoms with Gasteiger partial charge in [0.1, 0.15) is 0 Å². The molecule has 2 atom stereocenters. The van der Waals surface area contributed by atoms with Crippen LogP contribution in [0, 0.1) is 17.6 Å². The summed E-state index contributed by atoms with van der Waals surface area (Å²) in [5, 5.41) is 0. The maximum absolute atomic E-state index is 5.58. The minimum Gasteiger partial charge on any atom is -0.331 e. The van der Waals surface area contributed by atoms with Gasteiger partial charge in [-0.3, -0.25) is 0 Å². The Labute approximate surface area is 119 Å². The highest BCUT2D eigenvalue weighted by molar-refractivity contribution is 7.71. The average Bonchev–Trinajstić information content (AvgIpc) is 2.76. The predicted octanol–water partition coefficient (Wildman–Crippen LogP) is 5.15. The fraction of sp³-hybridized carbons (Fsp3) is 0.562. The quantitative estimate of drug-likeness (QED) is 0.751. The van der Waals surface area contributed by atoms with Crippen molar-refractivity contribution in [1.82, 2.24) is 9.55 Å². The van der Waals surface area contributed by atoms with Gasteiger partial charge in [-0.15, -0.1) is 0 Å². The zero-order chi connectivity index (χ0) is 13.4. The largest absolute Gasteiger partial charge is 0.331 e. The number of para-hydroxylation sites is 1. The summed E-state index contributed by atoms with van der Waals surface area (Å²) in [6.45, 7) is 4.49. The van der Waals surface area contributed by atoms with E-state index in [1.807, 2.05) is 0 Å². The molecule has 1 aliphatic carbocycles. The Hall–Kier alpha value is -1.09. The molecular weight excluding hydrogens is 252 g/mol. The van der Waals surface area contributed by atoms with Crippen molar-refractivity contribution in [3.05, 3.63) is 28.5 Å². The number of rotatable bonds is 2. The molecule has 3 rings (SSSR count). The van der Waals surface area contributed by atoms with Crippen molar-refractivity contribution in [1.29, 1.82) is 0 Å². The molecule has 0 amide bonds. The smallest absolute Gasteiger partial charge is 0.178 e. The van der Waals surface area contributed by atoms with E-state index in [0.717, 1.165) is 10.7 Å². The van der Waals surface area contributed by atoms with E-state index in [-0.39, 0.29) is 0 Å². The molecule has 0 aliphatic heterocycles. The number of nitrogens with zero attached hydrogens (tertiary/aromatic N) is 1. The zero-order valence-corrected chi connectivity index (χ0v) is 12.6. The highest BCUT2D eigenvalue weighted by Gasteiger charge is 2.24. The summed E-state index contributed by atoms with van der Waals surface area (Å²) in [6.07, 6.45) is 6.58. The van der Waals surface area contributed by atoms with Crippen LogP contribution in [0.15, 0.2) is 18.2 Å². The predicted molar refractivity (Wildman–Crippen MR) is 83.1 cm³/mol. The lowest BCUT2D eigenvalue weighted by atomic mass is 9.84. The van der Waals surface area contributed by atoms with Gasteiger partial charge in [-0.25, -0.2) is 0 Å². The third-order valence-electron chi connectivity index (χ3n) is 4.64. The number of hydrogen-bond acceptors (Lipinski definition) is 1. The van der Waals surface area contributed by atoms with Crippen LogP contribution in [0.5, 0.6) is 0 Å². The average molecular weight is 274 g/mol. The van der Waals surface area contributed by atoms with Crippen LogP contribution in [0.25, 0.3) is 11.0 Å². The highest BCUT2D eigenvalue weighted by Crippen LogP contribution is 2.36. The van der Waals surface area contributed by atoms with Crippen LogP contribution in [0.2, 0.25) is 0 Å². The standard InChI is InChI=1S/C16H22N2S/c1-3-12-7-5-8-13(10-12)18-15-11(2)6-4-9-14(15)17-16(18)19/h4,6,9,12-13H,3,5,7-8,10H2,1-2H3,(H,17,19). The highest BCUT2D eigenvalue weighted by atomic mass is 32.1. The van der Waals surface area contributed by atoms with Gasteiger partial charge < -0.3 is 9.55 Å². The molecule has 2 unspecified atom stereocenters. The minimum atomic E-state index is 0.584. The van der Waals surface area contributed by atoms with Crippen LogP contribution in [0.4, 0.5) is 0 Å². The van der Waals surface area contributed by atoms with Gasteiger partial charge in [-0.05, 0) is 49.5 Å². The second-order valence-corrected chi connectivity index (χ2v) is 6.25. The second kappa shape index (κ2) is 5.12. The summed E-state index contributed by atoms with van der Waals surface area (Å²) in [7, 11) is 0. The molecule has 3 heteroatoms. The Morgan fingerprint density at radius 2 is 2.21 bits per heavy atom. The molecule has 1 N–H and O–H groups in total. The first-order chi connectivity index (χ1) is 9.20. The number of benzene rings is 1. The van der Waals surface area contributed by atoms with Crippen LogP contribution in [-0.2, 0) is 0 Å². The number of aromatic nitrogens is 2. The molecule has 0 radical (unpaired) electrons. The molecule has 102 valence electrons. The third-order valence-corrected chi connectivity index (χ3v) is 4.94. The van der Waals surface area contributed by atoms with E-state index < -0.39 is 0 Å². The Balaban J connectivity index is 2.09. The maximum Gasteiger partial charge on any atom is 0.178 e. The molecule has 2 nitrogen and oxygen atoms in total. The van der Waals surface area contributed by atoms with Crippen LogP contribution >= 0.6 is 12.2 Å². The maximum atomic E-state index is 5.58. The molecule has 1 heterocycles. The Bertz CT molecular complexity index is 638.